The first-order valence-corrected chi connectivity index (χ1v) is 5.71. The Morgan fingerprint density at radius 3 is 1.67 bits per heavy atom. The Morgan fingerprint density at radius 1 is 1.10 bits per heavy atom. The van der Waals surface area contributed by atoms with Crippen LogP contribution in [0.1, 0.15) is 6.92 Å². The summed E-state index contributed by atoms with van der Waals surface area (Å²) in [6.07, 6.45) is 0. The van der Waals surface area contributed by atoms with Crippen LogP contribution in [0.2, 0.25) is 0 Å². The summed E-state index contributed by atoms with van der Waals surface area (Å²) in [6.45, 7) is 1.27. The van der Waals surface area contributed by atoms with Crippen molar-refractivity contribution in [3.8, 4) is 5.75 Å². The Labute approximate surface area is 186 Å². The van der Waals surface area contributed by atoms with E-state index in [2.05, 4.69) is 4.74 Å². The molecule has 0 fully saturated rings. The molecule has 9 nitrogen and oxygen atoms in total. The molecule has 21 heavy (non-hydrogen) atoms. The molecule has 0 amide bonds. The number of nitrogens with zero attached hydrogens (tertiary/aromatic N) is 1. The molecule has 0 aliphatic heterocycles. The Morgan fingerprint density at radius 2 is 1.43 bits per heavy atom. The van der Waals surface area contributed by atoms with E-state index >= 15 is 0 Å². The summed E-state index contributed by atoms with van der Waals surface area (Å²) < 4.78 is 13.2. The minimum atomic E-state index is -5.39. The summed E-state index contributed by atoms with van der Waals surface area (Å²) in [4.78, 5) is 45.8. The van der Waals surface area contributed by atoms with Crippen molar-refractivity contribution in [1.82, 2.24) is 0 Å². The minimum Gasteiger partial charge on any atom is -0.822 e. The van der Waals surface area contributed by atoms with Crippen LogP contribution in [0.25, 0.3) is 0 Å². The molecule has 100 valence electrons. The Kier molecular flexibility index (Phi) is 21.2. The molecule has 1 aromatic carbocycles. The molecule has 13 heteroatoms. The quantitative estimate of drug-likeness (QED) is 0.128. The van der Waals surface area contributed by atoms with Crippen LogP contribution in [-0.2, 0) is 9.36 Å². The second kappa shape index (κ2) is 14.8. The standard InChI is InChI=1S/C8H7NO4.3Na.H3O4P/c1-6(10)13-8-4-2-7(3-5-8)9(11)12;;;;1-5(2,3)4/h2-5H,1H3;;;;(H3,1,2,3,4)/q;3*+1;/p-3. The third kappa shape index (κ3) is 21.2. The predicted octanol–water partition coefficient (Wildman–Crippen LogP) is -10.3. The zero-order valence-electron chi connectivity index (χ0n) is 12.0. The number of hydrogen-bond acceptors (Lipinski definition) is 8. The van der Waals surface area contributed by atoms with E-state index in [0.717, 1.165) is 0 Å². The number of benzene rings is 1. The number of non-ortho nitro benzene ring substituents is 1. The van der Waals surface area contributed by atoms with Gasteiger partial charge in [0.05, 0.1) is 4.92 Å². The summed E-state index contributed by atoms with van der Waals surface area (Å²) >= 11 is 0. The van der Waals surface area contributed by atoms with Gasteiger partial charge >= 0.3 is 94.6 Å². The average molecular weight is 345 g/mol. The maximum Gasteiger partial charge on any atom is 1.00 e. The van der Waals surface area contributed by atoms with Crippen LogP contribution in [-0.4, -0.2) is 10.9 Å². The van der Waals surface area contributed by atoms with Gasteiger partial charge in [-0.1, -0.05) is 0 Å². The average Bonchev–Trinajstić information content (AvgIpc) is 2.14. The molecule has 0 aliphatic rings. The molecule has 0 aliphatic carbocycles. The van der Waals surface area contributed by atoms with E-state index in [1.54, 1.807) is 0 Å². The largest absolute Gasteiger partial charge is 1.00 e. The molecule has 0 radical (unpaired) electrons. The fourth-order valence-corrected chi connectivity index (χ4v) is 0.802. The van der Waals surface area contributed by atoms with Crippen molar-refractivity contribution in [2.75, 3.05) is 0 Å². The van der Waals surface area contributed by atoms with E-state index in [1.807, 2.05) is 0 Å². The molecule has 0 aromatic heterocycles. The van der Waals surface area contributed by atoms with Gasteiger partial charge in [0.25, 0.3) is 5.69 Å². The molecule has 1 aromatic rings. The van der Waals surface area contributed by atoms with Gasteiger partial charge in [0.1, 0.15) is 5.75 Å². The van der Waals surface area contributed by atoms with Crippen LogP contribution < -0.4 is 108 Å². The Hall–Kier alpha value is 1.20. The first kappa shape index (κ1) is 30.1. The maximum absolute atomic E-state index is 10.5. The molecular formula is C8H7NNa3O8P. The SMILES string of the molecule is CC(=O)Oc1ccc([N+](=O)[O-])cc1.O=P([O-])([O-])[O-].[Na+].[Na+].[Na+]. The molecule has 0 atom stereocenters. The maximum atomic E-state index is 10.5. The van der Waals surface area contributed by atoms with Crippen LogP contribution in [0.15, 0.2) is 24.3 Å². The van der Waals surface area contributed by atoms with Crippen molar-refractivity contribution in [3.05, 3.63) is 34.4 Å². The number of ether oxygens (including phenoxy) is 1. The summed E-state index contributed by atoms with van der Waals surface area (Å²) in [5.41, 5.74) is -0.0316. The molecule has 0 saturated heterocycles. The van der Waals surface area contributed by atoms with E-state index in [0.29, 0.717) is 5.75 Å². The number of nitro groups is 1. The molecule has 0 bridgehead atoms. The van der Waals surface area contributed by atoms with Crippen LogP contribution in [0.3, 0.4) is 0 Å². The fraction of sp³-hybridized carbons (Fsp3) is 0.125. The number of phosphoric acid groups is 1. The van der Waals surface area contributed by atoms with E-state index in [1.165, 1.54) is 31.2 Å². The number of hydrogen-bond donors (Lipinski definition) is 0. The number of carbonyl (C=O) groups excluding carboxylic acids is 1. The normalized spacial score (nSPS) is 8.57. The molecular weight excluding hydrogens is 338 g/mol. The zero-order valence-corrected chi connectivity index (χ0v) is 18.9. The van der Waals surface area contributed by atoms with Gasteiger partial charge in [-0.05, 0) is 12.1 Å². The molecule has 0 N–H and O–H groups in total. The predicted molar refractivity (Wildman–Crippen MR) is 52.0 cm³/mol. The summed E-state index contributed by atoms with van der Waals surface area (Å²) in [6, 6.07) is 5.30. The van der Waals surface area contributed by atoms with Crippen molar-refractivity contribution in [3.63, 3.8) is 0 Å². The van der Waals surface area contributed by atoms with Crippen LogP contribution in [0.5, 0.6) is 5.75 Å². The van der Waals surface area contributed by atoms with E-state index < -0.39 is 18.7 Å². The molecule has 0 spiro atoms. The van der Waals surface area contributed by atoms with Crippen LogP contribution in [0, 0.1) is 10.1 Å². The number of esters is 1. The van der Waals surface area contributed by atoms with Gasteiger partial charge in [-0.15, -0.1) is 0 Å². The monoisotopic (exact) mass is 345 g/mol. The smallest absolute Gasteiger partial charge is 0.822 e. The first-order chi connectivity index (χ1) is 8.09. The first-order valence-electron chi connectivity index (χ1n) is 4.25. The van der Waals surface area contributed by atoms with Crippen LogP contribution in [0.4, 0.5) is 5.69 Å². The number of rotatable bonds is 2. The van der Waals surface area contributed by atoms with Crippen LogP contribution >= 0.6 is 7.82 Å². The fourth-order valence-electron chi connectivity index (χ4n) is 0.802. The second-order valence-corrected chi connectivity index (χ2v) is 3.69. The summed E-state index contributed by atoms with van der Waals surface area (Å²) in [5.74, 6) is -0.146. The van der Waals surface area contributed by atoms with Gasteiger partial charge in [0.15, 0.2) is 0 Å². The topological polar surface area (TPSA) is 156 Å². The Balaban J connectivity index is -0.000000159. The van der Waals surface area contributed by atoms with Crippen molar-refractivity contribution in [2.45, 2.75) is 6.92 Å². The van der Waals surface area contributed by atoms with Crippen molar-refractivity contribution in [2.24, 2.45) is 0 Å². The third-order valence-corrected chi connectivity index (χ3v) is 1.31. The van der Waals surface area contributed by atoms with Gasteiger partial charge in [-0.2, -0.15) is 7.82 Å². The minimum absolute atomic E-state index is 0. The molecule has 0 heterocycles. The summed E-state index contributed by atoms with van der Waals surface area (Å²) in [7, 11) is -5.39. The van der Waals surface area contributed by atoms with Crippen molar-refractivity contribution >= 4 is 19.5 Å². The third-order valence-electron chi connectivity index (χ3n) is 1.31. The summed E-state index contributed by atoms with van der Waals surface area (Å²) in [5, 5.41) is 10.2. The van der Waals surface area contributed by atoms with Gasteiger partial charge in [-0.25, -0.2) is 0 Å². The second-order valence-electron chi connectivity index (χ2n) is 2.79. The molecule has 1 rings (SSSR count). The van der Waals surface area contributed by atoms with E-state index in [4.69, 9.17) is 19.2 Å². The van der Waals surface area contributed by atoms with Crippen molar-refractivity contribution < 1.29 is 122 Å². The molecule has 0 unspecified atom stereocenters. The number of nitro benzene ring substituents is 1. The number of carbonyl (C=O) groups is 1. The van der Waals surface area contributed by atoms with Gasteiger partial charge < -0.3 is 24.0 Å². The van der Waals surface area contributed by atoms with E-state index in [-0.39, 0.29) is 94.4 Å². The molecule has 0 saturated carbocycles. The van der Waals surface area contributed by atoms with Crippen molar-refractivity contribution in [1.29, 1.82) is 0 Å². The van der Waals surface area contributed by atoms with Gasteiger partial charge in [-0.3, -0.25) is 14.9 Å². The Bertz CT molecular complexity index is 469. The zero-order chi connectivity index (χ0) is 14.3. The van der Waals surface area contributed by atoms with Gasteiger partial charge in [0.2, 0.25) is 0 Å². The van der Waals surface area contributed by atoms with E-state index in [9.17, 15) is 14.9 Å². The van der Waals surface area contributed by atoms with Gasteiger partial charge in [0, 0.05) is 19.1 Å².